The minimum atomic E-state index is -0.279. The molecule has 8 heteroatoms. The van der Waals surface area contributed by atoms with Gasteiger partial charge in [0.15, 0.2) is 0 Å². The Kier molecular flexibility index (Phi) is 6.88. The van der Waals surface area contributed by atoms with Gasteiger partial charge in [-0.05, 0) is 56.9 Å². The van der Waals surface area contributed by atoms with Crippen molar-refractivity contribution in [2.75, 3.05) is 25.0 Å². The van der Waals surface area contributed by atoms with E-state index in [-0.39, 0.29) is 30.4 Å². The van der Waals surface area contributed by atoms with Gasteiger partial charge in [0.2, 0.25) is 17.8 Å². The summed E-state index contributed by atoms with van der Waals surface area (Å²) in [6, 6.07) is 15.4. The van der Waals surface area contributed by atoms with Gasteiger partial charge in [-0.3, -0.25) is 19.5 Å². The third kappa shape index (κ3) is 5.74. The lowest BCUT2D eigenvalue weighted by molar-refractivity contribution is -0.137. The third-order valence-corrected chi connectivity index (χ3v) is 6.68. The molecule has 0 radical (unpaired) electrons. The normalized spacial score (nSPS) is 17.4. The fourth-order valence-corrected chi connectivity index (χ4v) is 4.45. The number of hydrogen-bond acceptors (Lipinski definition) is 4. The molecular weight excluding hydrogens is 464 g/mol. The van der Waals surface area contributed by atoms with Gasteiger partial charge >= 0.3 is 0 Å². The van der Waals surface area contributed by atoms with Gasteiger partial charge in [-0.2, -0.15) is 0 Å². The predicted octanol–water partition coefficient (Wildman–Crippen LogP) is 4.86. The summed E-state index contributed by atoms with van der Waals surface area (Å²) in [5.41, 5.74) is 3.62. The first kappa shape index (κ1) is 23.6. The number of carbonyl (C=O) groups excluding carboxylic acids is 2. The summed E-state index contributed by atoms with van der Waals surface area (Å²) in [6.07, 6.45) is 5.58. The van der Waals surface area contributed by atoms with Crippen LogP contribution in [0.15, 0.2) is 54.7 Å². The van der Waals surface area contributed by atoms with Crippen molar-refractivity contribution in [1.82, 2.24) is 14.5 Å². The van der Waals surface area contributed by atoms with Crippen LogP contribution < -0.4 is 5.32 Å². The number of anilines is 1. The molecule has 182 valence electrons. The number of nitrogens with zero attached hydrogens (tertiary/aromatic N) is 3. The summed E-state index contributed by atoms with van der Waals surface area (Å²) in [4.78, 5) is 32.4. The molecule has 1 aliphatic heterocycles. The maximum absolute atomic E-state index is 13.2. The molecule has 7 nitrogen and oxygen atoms in total. The van der Waals surface area contributed by atoms with Gasteiger partial charge in [-0.15, -0.1) is 0 Å². The Labute approximate surface area is 210 Å². The standard InChI is InChI=1S/C27H29ClN4O3/c1-18-4-12-22(13-5-18)32-16-24(19-8-10-21(28)11-9-19)29-27(32)30-25(33)17-31(26(34)20-6-7-20)15-23-3-2-14-35-23/h4-5,8-13,16,20,23H,2-3,6-7,14-15,17H2,1H3,(H,29,30,33). The van der Waals surface area contributed by atoms with Gasteiger partial charge < -0.3 is 9.64 Å². The topological polar surface area (TPSA) is 76.5 Å². The number of aryl methyl sites for hydroxylation is 1. The summed E-state index contributed by atoms with van der Waals surface area (Å²) in [6.45, 7) is 3.17. The van der Waals surface area contributed by atoms with Crippen LogP contribution in [0, 0.1) is 12.8 Å². The zero-order valence-corrected chi connectivity index (χ0v) is 20.5. The molecule has 1 saturated carbocycles. The van der Waals surface area contributed by atoms with E-state index in [4.69, 9.17) is 21.3 Å². The summed E-state index contributed by atoms with van der Waals surface area (Å²) in [7, 11) is 0. The van der Waals surface area contributed by atoms with E-state index in [0.717, 1.165) is 42.5 Å². The average Bonchev–Trinajstić information content (AvgIpc) is 3.42. The Morgan fingerprint density at radius 2 is 1.86 bits per heavy atom. The monoisotopic (exact) mass is 492 g/mol. The summed E-state index contributed by atoms with van der Waals surface area (Å²) < 4.78 is 7.58. The number of hydrogen-bond donors (Lipinski definition) is 1. The molecular formula is C27H29ClN4O3. The molecule has 2 heterocycles. The fourth-order valence-electron chi connectivity index (χ4n) is 4.32. The van der Waals surface area contributed by atoms with Crippen molar-refractivity contribution in [2.45, 2.75) is 38.7 Å². The zero-order valence-electron chi connectivity index (χ0n) is 19.7. The number of rotatable bonds is 8. The van der Waals surface area contributed by atoms with E-state index >= 15 is 0 Å². The van der Waals surface area contributed by atoms with Crippen molar-refractivity contribution in [3.8, 4) is 16.9 Å². The van der Waals surface area contributed by atoms with Gasteiger partial charge in [0, 0.05) is 41.5 Å². The first-order valence-electron chi connectivity index (χ1n) is 12.1. The van der Waals surface area contributed by atoms with E-state index in [1.165, 1.54) is 0 Å². The number of ether oxygens (including phenoxy) is 1. The number of halogens is 1. The van der Waals surface area contributed by atoms with Crippen LogP contribution in [0.5, 0.6) is 0 Å². The second kappa shape index (κ2) is 10.2. The minimum Gasteiger partial charge on any atom is -0.376 e. The van der Waals surface area contributed by atoms with Crippen molar-refractivity contribution in [3.63, 3.8) is 0 Å². The van der Waals surface area contributed by atoms with E-state index in [2.05, 4.69) is 5.32 Å². The third-order valence-electron chi connectivity index (χ3n) is 6.43. The van der Waals surface area contributed by atoms with Crippen LogP contribution >= 0.6 is 11.6 Å². The maximum atomic E-state index is 13.2. The van der Waals surface area contributed by atoms with E-state index in [9.17, 15) is 9.59 Å². The number of carbonyl (C=O) groups is 2. The van der Waals surface area contributed by atoms with Crippen LogP contribution in [0.2, 0.25) is 5.02 Å². The highest BCUT2D eigenvalue weighted by Gasteiger charge is 2.35. The molecule has 5 rings (SSSR count). The van der Waals surface area contributed by atoms with Crippen LogP contribution in [0.4, 0.5) is 5.95 Å². The first-order chi connectivity index (χ1) is 17.0. The van der Waals surface area contributed by atoms with Gasteiger partial charge in [0.1, 0.15) is 6.54 Å². The van der Waals surface area contributed by atoms with Crippen molar-refractivity contribution < 1.29 is 14.3 Å². The molecule has 1 saturated heterocycles. The van der Waals surface area contributed by atoms with Crippen LogP contribution in [-0.2, 0) is 14.3 Å². The lowest BCUT2D eigenvalue weighted by Gasteiger charge is -2.25. The van der Waals surface area contributed by atoms with Gasteiger partial charge in [-0.25, -0.2) is 4.98 Å². The largest absolute Gasteiger partial charge is 0.376 e. The minimum absolute atomic E-state index is 0.00319. The Bertz CT molecular complexity index is 1200. The van der Waals surface area contributed by atoms with Gasteiger partial charge in [0.25, 0.3) is 0 Å². The Balaban J connectivity index is 1.38. The second-order valence-corrected chi connectivity index (χ2v) is 9.77. The van der Waals surface area contributed by atoms with Gasteiger partial charge in [0.05, 0.1) is 11.8 Å². The highest BCUT2D eigenvalue weighted by molar-refractivity contribution is 6.30. The van der Waals surface area contributed by atoms with Crippen LogP contribution in [0.3, 0.4) is 0 Å². The lowest BCUT2D eigenvalue weighted by atomic mass is 10.2. The van der Waals surface area contributed by atoms with E-state index < -0.39 is 0 Å². The fraction of sp³-hybridized carbons (Fsp3) is 0.370. The summed E-state index contributed by atoms with van der Waals surface area (Å²) in [5, 5.41) is 3.59. The summed E-state index contributed by atoms with van der Waals surface area (Å²) >= 11 is 6.05. The van der Waals surface area contributed by atoms with Crippen LogP contribution in [-0.4, -0.2) is 52.1 Å². The molecule has 2 amide bonds. The average molecular weight is 493 g/mol. The van der Waals surface area contributed by atoms with Crippen molar-refractivity contribution in [1.29, 1.82) is 0 Å². The number of imidazole rings is 1. The molecule has 0 bridgehead atoms. The maximum Gasteiger partial charge on any atom is 0.246 e. The number of amides is 2. The quantitative estimate of drug-likeness (QED) is 0.487. The molecule has 35 heavy (non-hydrogen) atoms. The zero-order chi connectivity index (χ0) is 24.4. The molecule has 1 N–H and O–H groups in total. The van der Waals surface area contributed by atoms with Crippen molar-refractivity contribution in [3.05, 3.63) is 65.3 Å². The Hall–Kier alpha value is -3.16. The molecule has 2 aromatic carbocycles. The molecule has 0 spiro atoms. The van der Waals surface area contributed by atoms with Crippen molar-refractivity contribution >= 4 is 29.4 Å². The number of nitrogens with one attached hydrogen (secondary N) is 1. The molecule has 1 unspecified atom stereocenters. The van der Waals surface area contributed by atoms with Crippen LogP contribution in [0.25, 0.3) is 16.9 Å². The van der Waals surface area contributed by atoms with Crippen LogP contribution in [0.1, 0.15) is 31.2 Å². The Morgan fingerprint density at radius 3 is 2.51 bits per heavy atom. The first-order valence-corrected chi connectivity index (χ1v) is 12.5. The van der Waals surface area contributed by atoms with E-state index in [1.54, 1.807) is 4.90 Å². The highest BCUT2D eigenvalue weighted by atomic mass is 35.5. The number of aromatic nitrogens is 2. The molecule has 3 aromatic rings. The molecule has 1 aliphatic carbocycles. The van der Waals surface area contributed by atoms with Gasteiger partial charge in [-0.1, -0.05) is 41.4 Å². The Morgan fingerprint density at radius 1 is 1.11 bits per heavy atom. The second-order valence-electron chi connectivity index (χ2n) is 9.34. The molecule has 1 aromatic heterocycles. The SMILES string of the molecule is Cc1ccc(-n2cc(-c3ccc(Cl)cc3)nc2NC(=O)CN(CC2CCCO2)C(=O)C2CC2)cc1. The number of benzene rings is 2. The lowest BCUT2D eigenvalue weighted by Crippen LogP contribution is -2.43. The smallest absolute Gasteiger partial charge is 0.246 e. The highest BCUT2D eigenvalue weighted by Crippen LogP contribution is 2.31. The van der Waals surface area contributed by atoms with Crippen molar-refractivity contribution in [2.24, 2.45) is 5.92 Å². The summed E-state index contributed by atoms with van der Waals surface area (Å²) in [5.74, 6) is 0.202. The van der Waals surface area contributed by atoms with E-state index in [1.807, 2.05) is 66.2 Å². The molecule has 2 aliphatic rings. The molecule has 1 atom stereocenters. The van der Waals surface area contributed by atoms with E-state index in [0.29, 0.717) is 29.8 Å². The molecule has 2 fully saturated rings. The predicted molar refractivity (Wildman–Crippen MR) is 136 cm³/mol.